The normalized spacial score (nSPS) is 16.3. The molecule has 24 heavy (non-hydrogen) atoms. The lowest BCUT2D eigenvalue weighted by molar-refractivity contribution is -0.908. The van der Waals surface area contributed by atoms with Gasteiger partial charge in [-0.05, 0) is 12.8 Å². The van der Waals surface area contributed by atoms with Crippen molar-refractivity contribution in [2.45, 2.75) is 19.9 Å². The van der Waals surface area contributed by atoms with Crippen molar-refractivity contribution in [3.05, 3.63) is 39.1 Å². The fourth-order valence-electron chi connectivity index (χ4n) is 2.73. The van der Waals surface area contributed by atoms with Gasteiger partial charge in [0.2, 0.25) is 0 Å². The SMILES string of the molecule is C=CCn1c([O-])c(C(C)=NCCC[NH+]2CCOCC2)c(=O)[nH]c1=O. The van der Waals surface area contributed by atoms with Gasteiger partial charge in [0.25, 0.3) is 5.56 Å². The standard InChI is InChI=1S/C16H24N4O4/c1-3-6-20-15(22)13(14(21)18-16(20)23)12(2)17-5-4-7-19-8-10-24-11-9-19/h3,22H,1,4-11H2,2H3,(H,18,21,23). The first-order valence-corrected chi connectivity index (χ1v) is 8.12. The highest BCUT2D eigenvalue weighted by Crippen LogP contribution is 2.07. The number of nitrogens with one attached hydrogen (secondary N) is 2. The first-order valence-electron chi connectivity index (χ1n) is 8.12. The molecule has 1 aliphatic rings. The van der Waals surface area contributed by atoms with E-state index in [1.807, 2.05) is 0 Å². The van der Waals surface area contributed by atoms with E-state index in [2.05, 4.69) is 16.6 Å². The zero-order valence-electron chi connectivity index (χ0n) is 14.0. The highest BCUT2D eigenvalue weighted by Gasteiger charge is 2.13. The van der Waals surface area contributed by atoms with E-state index < -0.39 is 17.1 Å². The minimum absolute atomic E-state index is 0.0507. The van der Waals surface area contributed by atoms with Crippen LogP contribution in [0.4, 0.5) is 0 Å². The van der Waals surface area contributed by atoms with E-state index in [0.29, 0.717) is 12.3 Å². The largest absolute Gasteiger partial charge is 0.859 e. The molecule has 1 saturated heterocycles. The summed E-state index contributed by atoms with van der Waals surface area (Å²) in [5.74, 6) is -0.622. The van der Waals surface area contributed by atoms with Crippen LogP contribution < -0.4 is 21.3 Å². The van der Waals surface area contributed by atoms with Gasteiger partial charge in [0, 0.05) is 25.2 Å². The van der Waals surface area contributed by atoms with Gasteiger partial charge in [-0.3, -0.25) is 14.8 Å². The number of aromatic amines is 1. The van der Waals surface area contributed by atoms with E-state index in [1.54, 1.807) is 6.92 Å². The molecule has 0 atom stereocenters. The van der Waals surface area contributed by atoms with Gasteiger partial charge >= 0.3 is 5.69 Å². The highest BCUT2D eigenvalue weighted by molar-refractivity contribution is 6.00. The molecule has 132 valence electrons. The van der Waals surface area contributed by atoms with Crippen LogP contribution in [0.3, 0.4) is 0 Å². The maximum atomic E-state index is 12.3. The van der Waals surface area contributed by atoms with E-state index in [0.717, 1.165) is 43.8 Å². The average molecular weight is 336 g/mol. The number of rotatable bonds is 7. The predicted octanol–water partition coefficient (Wildman–Crippen LogP) is -2.09. The number of allylic oxidation sites excluding steroid dienone is 1. The van der Waals surface area contributed by atoms with Gasteiger partial charge in [0.05, 0.1) is 25.3 Å². The van der Waals surface area contributed by atoms with E-state index in [4.69, 9.17) is 4.74 Å². The number of hydrogen-bond donors (Lipinski definition) is 2. The summed E-state index contributed by atoms with van der Waals surface area (Å²) in [6, 6.07) is 0. The predicted molar refractivity (Wildman–Crippen MR) is 89.0 cm³/mol. The maximum Gasteiger partial charge on any atom is 0.328 e. The fraction of sp³-hybridized carbons (Fsp3) is 0.562. The molecule has 0 saturated carbocycles. The Morgan fingerprint density at radius 3 is 2.83 bits per heavy atom. The van der Waals surface area contributed by atoms with Gasteiger partial charge < -0.3 is 19.3 Å². The molecule has 0 spiro atoms. The minimum atomic E-state index is -0.725. The Balaban J connectivity index is 2.06. The number of morpholine rings is 1. The van der Waals surface area contributed by atoms with Crippen LogP contribution in [-0.2, 0) is 11.3 Å². The molecule has 1 aromatic rings. The molecule has 2 rings (SSSR count). The minimum Gasteiger partial charge on any atom is -0.859 e. The third-order valence-corrected chi connectivity index (χ3v) is 4.06. The summed E-state index contributed by atoms with van der Waals surface area (Å²) in [7, 11) is 0. The van der Waals surface area contributed by atoms with Crippen molar-refractivity contribution in [3.63, 3.8) is 0 Å². The summed E-state index contributed by atoms with van der Waals surface area (Å²) in [5.41, 5.74) is -1.13. The van der Waals surface area contributed by atoms with Crippen molar-refractivity contribution < 1.29 is 14.7 Å². The lowest BCUT2D eigenvalue weighted by Crippen LogP contribution is -3.14. The molecule has 0 amide bonds. The third-order valence-electron chi connectivity index (χ3n) is 4.06. The summed E-state index contributed by atoms with van der Waals surface area (Å²) in [4.78, 5) is 31.6. The molecular weight excluding hydrogens is 312 g/mol. The van der Waals surface area contributed by atoms with Gasteiger partial charge in [-0.25, -0.2) is 4.79 Å². The fourth-order valence-corrected chi connectivity index (χ4v) is 2.73. The second-order valence-corrected chi connectivity index (χ2v) is 5.77. The molecule has 8 nitrogen and oxygen atoms in total. The summed E-state index contributed by atoms with van der Waals surface area (Å²) >= 11 is 0. The first kappa shape index (κ1) is 18.2. The monoisotopic (exact) mass is 336 g/mol. The Morgan fingerprint density at radius 1 is 1.46 bits per heavy atom. The highest BCUT2D eigenvalue weighted by atomic mass is 16.5. The van der Waals surface area contributed by atoms with Crippen molar-refractivity contribution in [1.29, 1.82) is 0 Å². The number of nitrogens with zero attached hydrogens (tertiary/aromatic N) is 2. The van der Waals surface area contributed by atoms with Crippen molar-refractivity contribution in [1.82, 2.24) is 9.55 Å². The Kier molecular flexibility index (Phi) is 6.51. The molecule has 0 aliphatic carbocycles. The van der Waals surface area contributed by atoms with Crippen LogP contribution in [0.15, 0.2) is 27.2 Å². The van der Waals surface area contributed by atoms with Crippen molar-refractivity contribution >= 4 is 5.71 Å². The quantitative estimate of drug-likeness (QED) is 0.338. The smallest absolute Gasteiger partial charge is 0.328 e. The van der Waals surface area contributed by atoms with Gasteiger partial charge in [0.15, 0.2) is 0 Å². The first-order chi connectivity index (χ1) is 11.5. The molecule has 0 aromatic carbocycles. The van der Waals surface area contributed by atoms with E-state index in [1.165, 1.54) is 11.0 Å². The van der Waals surface area contributed by atoms with Crippen LogP contribution in [0.1, 0.15) is 18.9 Å². The molecule has 2 heterocycles. The molecule has 1 aliphatic heterocycles. The lowest BCUT2D eigenvalue weighted by Gasteiger charge is -2.23. The molecule has 0 unspecified atom stereocenters. The number of aromatic nitrogens is 2. The van der Waals surface area contributed by atoms with Gasteiger partial charge in [-0.1, -0.05) is 6.08 Å². The summed E-state index contributed by atoms with van der Waals surface area (Å²) in [5, 5.41) is 12.3. The van der Waals surface area contributed by atoms with Crippen LogP contribution in [-0.4, -0.2) is 54.7 Å². The van der Waals surface area contributed by atoms with Crippen LogP contribution >= 0.6 is 0 Å². The molecule has 8 heteroatoms. The number of quaternary nitrogens is 1. The van der Waals surface area contributed by atoms with Gasteiger partial charge in [-0.15, -0.1) is 6.58 Å². The number of hydrogen-bond acceptors (Lipinski definition) is 5. The third kappa shape index (κ3) is 4.42. The zero-order valence-corrected chi connectivity index (χ0v) is 14.0. The molecule has 2 N–H and O–H groups in total. The van der Waals surface area contributed by atoms with Crippen LogP contribution in [0, 0.1) is 0 Å². The number of ether oxygens (including phenoxy) is 1. The second kappa shape index (κ2) is 8.60. The summed E-state index contributed by atoms with van der Waals surface area (Å²) in [6.45, 7) is 10.3. The van der Waals surface area contributed by atoms with E-state index in [-0.39, 0.29) is 12.1 Å². The molecule has 0 bridgehead atoms. The topological polar surface area (TPSA) is 104 Å². The van der Waals surface area contributed by atoms with Gasteiger partial charge in [-0.2, -0.15) is 0 Å². The van der Waals surface area contributed by atoms with Crippen LogP contribution in [0.25, 0.3) is 0 Å². The van der Waals surface area contributed by atoms with Crippen LogP contribution in [0.2, 0.25) is 0 Å². The Bertz CT molecular complexity index is 714. The summed E-state index contributed by atoms with van der Waals surface area (Å²) in [6.07, 6.45) is 2.30. The number of aliphatic imine (C=N–C) groups is 1. The number of H-pyrrole nitrogens is 1. The van der Waals surface area contributed by atoms with E-state index in [9.17, 15) is 14.7 Å². The van der Waals surface area contributed by atoms with Crippen molar-refractivity contribution in [2.24, 2.45) is 4.99 Å². The van der Waals surface area contributed by atoms with Crippen LogP contribution in [0.5, 0.6) is 5.88 Å². The maximum absolute atomic E-state index is 12.3. The average Bonchev–Trinajstić information content (AvgIpc) is 2.56. The van der Waals surface area contributed by atoms with Gasteiger partial charge in [0.1, 0.15) is 13.1 Å². The molecule has 1 fully saturated rings. The van der Waals surface area contributed by atoms with Crippen molar-refractivity contribution in [2.75, 3.05) is 39.4 Å². The Morgan fingerprint density at radius 2 is 2.17 bits per heavy atom. The lowest BCUT2D eigenvalue weighted by atomic mass is 10.2. The second-order valence-electron chi connectivity index (χ2n) is 5.77. The summed E-state index contributed by atoms with van der Waals surface area (Å²) < 4.78 is 6.26. The molecular formula is C16H24N4O4. The Hall–Kier alpha value is -2.19. The zero-order chi connectivity index (χ0) is 17.5. The van der Waals surface area contributed by atoms with E-state index >= 15 is 0 Å². The Labute approximate surface area is 140 Å². The molecule has 0 radical (unpaired) electrons. The molecule has 1 aromatic heterocycles. The van der Waals surface area contributed by atoms with Crippen molar-refractivity contribution in [3.8, 4) is 5.88 Å².